The fourth-order valence-electron chi connectivity index (χ4n) is 0.772. The Balaban J connectivity index is 2.34. The van der Waals surface area contributed by atoms with Crippen molar-refractivity contribution in [1.29, 1.82) is 0 Å². The molecule has 2 heterocycles. The normalized spacial score (nSPS) is 20.3. The molecule has 2 amide bonds. The van der Waals surface area contributed by atoms with Crippen molar-refractivity contribution in [2.24, 2.45) is 20.0 Å². The zero-order valence-corrected chi connectivity index (χ0v) is 5.76. The standard InChI is InChI=1S/C6H2N4O2/c11-3-1-7-5(9-3)6-8-2-4(12)10-6/h1-2H. The maximum atomic E-state index is 10.6. The number of amidine groups is 2. The minimum Gasteiger partial charge on any atom is -0.266 e. The third-order valence-corrected chi connectivity index (χ3v) is 1.23. The summed E-state index contributed by atoms with van der Waals surface area (Å²) < 4.78 is 0. The summed E-state index contributed by atoms with van der Waals surface area (Å²) in [6.45, 7) is 0. The molecule has 58 valence electrons. The lowest BCUT2D eigenvalue weighted by Gasteiger charge is -1.86. The average molecular weight is 162 g/mol. The van der Waals surface area contributed by atoms with Crippen LogP contribution in [-0.4, -0.2) is 35.9 Å². The summed E-state index contributed by atoms with van der Waals surface area (Å²) in [6.07, 6.45) is 2.10. The van der Waals surface area contributed by atoms with Crippen molar-refractivity contribution in [3.05, 3.63) is 0 Å². The van der Waals surface area contributed by atoms with Gasteiger partial charge >= 0.3 is 0 Å². The second kappa shape index (κ2) is 2.26. The van der Waals surface area contributed by atoms with Gasteiger partial charge in [-0.1, -0.05) is 0 Å². The van der Waals surface area contributed by atoms with Gasteiger partial charge in [-0.2, -0.15) is 9.98 Å². The summed E-state index contributed by atoms with van der Waals surface area (Å²) in [5.74, 6) is -0.714. The summed E-state index contributed by atoms with van der Waals surface area (Å²) in [5.41, 5.74) is 0. The van der Waals surface area contributed by atoms with Gasteiger partial charge in [-0.15, -0.1) is 0 Å². The van der Waals surface area contributed by atoms with Crippen molar-refractivity contribution in [2.45, 2.75) is 0 Å². The zero-order chi connectivity index (χ0) is 8.55. The number of carbonyl (C=O) groups excluding carboxylic acids is 2. The molecule has 0 N–H and O–H groups in total. The highest BCUT2D eigenvalue weighted by atomic mass is 16.2. The second-order valence-corrected chi connectivity index (χ2v) is 2.06. The van der Waals surface area contributed by atoms with Gasteiger partial charge in [0, 0.05) is 0 Å². The molecule has 2 rings (SSSR count). The molecule has 0 aromatic carbocycles. The number of aliphatic imine (C=N–C) groups is 4. The van der Waals surface area contributed by atoms with E-state index in [2.05, 4.69) is 20.0 Å². The SMILES string of the molecule is O=C1C=NC(C2=NC(=O)C=N2)=N1. The minimum absolute atomic E-state index is 0.0992. The van der Waals surface area contributed by atoms with Crippen LogP contribution < -0.4 is 0 Å². The van der Waals surface area contributed by atoms with Crippen molar-refractivity contribution >= 4 is 35.9 Å². The van der Waals surface area contributed by atoms with Crippen LogP contribution in [0, 0.1) is 0 Å². The third kappa shape index (κ3) is 0.986. The Morgan fingerprint density at radius 2 is 1.25 bits per heavy atom. The molecule has 0 spiro atoms. The zero-order valence-electron chi connectivity index (χ0n) is 5.76. The summed E-state index contributed by atoms with van der Waals surface area (Å²) in [7, 11) is 0. The topological polar surface area (TPSA) is 83.6 Å². The van der Waals surface area contributed by atoms with Gasteiger partial charge in [0.2, 0.25) is 11.7 Å². The molecule has 0 radical (unpaired) electrons. The molecule has 2 aliphatic heterocycles. The van der Waals surface area contributed by atoms with E-state index in [1.165, 1.54) is 0 Å². The Bertz CT molecular complexity index is 350. The molecule has 6 heteroatoms. The summed E-state index contributed by atoms with van der Waals surface area (Å²) in [6, 6.07) is 0. The van der Waals surface area contributed by atoms with Gasteiger partial charge in [-0.25, -0.2) is 9.98 Å². The van der Waals surface area contributed by atoms with Crippen LogP contribution in [-0.2, 0) is 9.59 Å². The van der Waals surface area contributed by atoms with E-state index in [1.807, 2.05) is 0 Å². The highest BCUT2D eigenvalue weighted by Crippen LogP contribution is 1.99. The second-order valence-electron chi connectivity index (χ2n) is 2.06. The van der Waals surface area contributed by atoms with Gasteiger partial charge in [0.15, 0.2) is 0 Å². The molecule has 0 bridgehead atoms. The van der Waals surface area contributed by atoms with E-state index < -0.39 is 11.8 Å². The molecule has 12 heavy (non-hydrogen) atoms. The van der Waals surface area contributed by atoms with Crippen molar-refractivity contribution < 1.29 is 9.59 Å². The first-order valence-corrected chi connectivity index (χ1v) is 3.09. The van der Waals surface area contributed by atoms with Gasteiger partial charge in [0.05, 0.1) is 12.4 Å². The Morgan fingerprint density at radius 1 is 0.833 bits per heavy atom. The maximum absolute atomic E-state index is 10.6. The fourth-order valence-corrected chi connectivity index (χ4v) is 0.772. The van der Waals surface area contributed by atoms with Crippen LogP contribution in [0.15, 0.2) is 20.0 Å². The van der Waals surface area contributed by atoms with Crippen LogP contribution in [0.4, 0.5) is 0 Å². The van der Waals surface area contributed by atoms with E-state index in [9.17, 15) is 9.59 Å². The number of rotatable bonds is 1. The van der Waals surface area contributed by atoms with Gasteiger partial charge in [0.1, 0.15) is 0 Å². The number of hydrogen-bond donors (Lipinski definition) is 0. The van der Waals surface area contributed by atoms with Crippen LogP contribution in [0.3, 0.4) is 0 Å². The molecule has 0 aromatic heterocycles. The van der Waals surface area contributed by atoms with Crippen LogP contribution >= 0.6 is 0 Å². The van der Waals surface area contributed by atoms with E-state index >= 15 is 0 Å². The first-order valence-electron chi connectivity index (χ1n) is 3.09. The number of amides is 2. The van der Waals surface area contributed by atoms with Crippen LogP contribution in [0.1, 0.15) is 0 Å². The number of hydrogen-bond acceptors (Lipinski definition) is 4. The van der Waals surface area contributed by atoms with Crippen LogP contribution in [0.5, 0.6) is 0 Å². The van der Waals surface area contributed by atoms with Gasteiger partial charge in [-0.3, -0.25) is 9.59 Å². The first kappa shape index (κ1) is 6.71. The fraction of sp³-hybridized carbons (Fsp3) is 0. The minimum atomic E-state index is -0.456. The molecule has 0 saturated carbocycles. The Labute approximate surface area is 66.5 Å². The summed E-state index contributed by atoms with van der Waals surface area (Å²) in [5, 5.41) is 0. The smallest absolute Gasteiger partial charge is 0.266 e. The Hall–Kier alpha value is -1.98. The lowest BCUT2D eigenvalue weighted by atomic mass is 10.5. The molecule has 0 aliphatic carbocycles. The van der Waals surface area contributed by atoms with E-state index in [1.54, 1.807) is 0 Å². The van der Waals surface area contributed by atoms with Crippen LogP contribution in [0.2, 0.25) is 0 Å². The summed E-state index contributed by atoms with van der Waals surface area (Å²) in [4.78, 5) is 35.3. The van der Waals surface area contributed by atoms with E-state index in [0.717, 1.165) is 12.4 Å². The maximum Gasteiger partial charge on any atom is 0.290 e. The Morgan fingerprint density at radius 3 is 1.50 bits per heavy atom. The lowest BCUT2D eigenvalue weighted by molar-refractivity contribution is -0.112. The predicted molar refractivity (Wildman–Crippen MR) is 41.9 cm³/mol. The largest absolute Gasteiger partial charge is 0.290 e. The number of carbonyl (C=O) groups is 2. The Kier molecular flexibility index (Phi) is 1.26. The molecule has 0 saturated heterocycles. The van der Waals surface area contributed by atoms with Gasteiger partial charge in [-0.05, 0) is 0 Å². The monoisotopic (exact) mass is 162 g/mol. The summed E-state index contributed by atoms with van der Waals surface area (Å²) >= 11 is 0. The molecule has 2 aliphatic rings. The molecular weight excluding hydrogens is 160 g/mol. The quantitative estimate of drug-likeness (QED) is 0.495. The number of nitrogens with zero attached hydrogens (tertiary/aromatic N) is 4. The van der Waals surface area contributed by atoms with Crippen molar-refractivity contribution in [1.82, 2.24) is 0 Å². The highest BCUT2D eigenvalue weighted by molar-refractivity contribution is 6.56. The molecule has 0 unspecified atom stereocenters. The van der Waals surface area contributed by atoms with Gasteiger partial charge in [0.25, 0.3) is 11.8 Å². The van der Waals surface area contributed by atoms with Crippen molar-refractivity contribution in [3.8, 4) is 0 Å². The molecular formula is C6H2N4O2. The lowest BCUT2D eigenvalue weighted by Crippen LogP contribution is -2.05. The van der Waals surface area contributed by atoms with E-state index in [-0.39, 0.29) is 11.7 Å². The third-order valence-electron chi connectivity index (χ3n) is 1.23. The van der Waals surface area contributed by atoms with Crippen LogP contribution in [0.25, 0.3) is 0 Å². The van der Waals surface area contributed by atoms with Gasteiger partial charge < -0.3 is 0 Å². The van der Waals surface area contributed by atoms with Crippen molar-refractivity contribution in [2.75, 3.05) is 0 Å². The average Bonchev–Trinajstić information content (AvgIpc) is 2.58. The van der Waals surface area contributed by atoms with E-state index in [0.29, 0.717) is 0 Å². The van der Waals surface area contributed by atoms with E-state index in [4.69, 9.17) is 0 Å². The van der Waals surface area contributed by atoms with Crippen molar-refractivity contribution in [3.63, 3.8) is 0 Å². The highest BCUT2D eigenvalue weighted by Gasteiger charge is 2.18. The molecule has 6 nitrogen and oxygen atoms in total. The predicted octanol–water partition coefficient (Wildman–Crippen LogP) is -0.995. The first-order chi connectivity index (χ1) is 5.75. The molecule has 0 aromatic rings. The molecule has 0 atom stereocenters. The molecule has 0 fully saturated rings.